The first kappa shape index (κ1) is 10.7. The predicted octanol–water partition coefficient (Wildman–Crippen LogP) is 1.88. The molecule has 0 amide bonds. The highest BCUT2D eigenvalue weighted by molar-refractivity contribution is 4.97. The number of hydrogen-bond donors (Lipinski definition) is 1. The Morgan fingerprint density at radius 2 is 2.33 bits per heavy atom. The van der Waals surface area contributed by atoms with E-state index in [0.717, 1.165) is 13.0 Å². The van der Waals surface area contributed by atoms with Crippen LogP contribution >= 0.6 is 0 Å². The summed E-state index contributed by atoms with van der Waals surface area (Å²) in [5.41, 5.74) is 0.463. The lowest BCUT2D eigenvalue weighted by Crippen LogP contribution is -2.51. The summed E-state index contributed by atoms with van der Waals surface area (Å²) in [6, 6.07) is 0. The highest BCUT2D eigenvalue weighted by Crippen LogP contribution is 2.34. The Kier molecular flexibility index (Phi) is 3.10. The van der Waals surface area contributed by atoms with Crippen LogP contribution in [0.25, 0.3) is 0 Å². The normalized spacial score (nSPS) is 18.8. The fourth-order valence-electron chi connectivity index (χ4n) is 2.34. The Bertz CT molecular complexity index is 307. The van der Waals surface area contributed by atoms with E-state index in [1.54, 1.807) is 0 Å². The van der Waals surface area contributed by atoms with Gasteiger partial charge in [0, 0.05) is 37.9 Å². The quantitative estimate of drug-likeness (QED) is 0.799. The smallest absolute Gasteiger partial charge is 0.109 e. The van der Waals surface area contributed by atoms with Crippen molar-refractivity contribution in [3.63, 3.8) is 0 Å². The minimum atomic E-state index is 0.463. The third kappa shape index (κ3) is 2.23. The number of imidazole rings is 1. The van der Waals surface area contributed by atoms with Gasteiger partial charge in [0.15, 0.2) is 0 Å². The van der Waals surface area contributed by atoms with Gasteiger partial charge in [-0.15, -0.1) is 0 Å². The predicted molar refractivity (Wildman–Crippen MR) is 61.8 cm³/mol. The van der Waals surface area contributed by atoms with Crippen LogP contribution in [0.1, 0.15) is 38.4 Å². The zero-order valence-electron chi connectivity index (χ0n) is 9.79. The van der Waals surface area contributed by atoms with Crippen LogP contribution in [0.4, 0.5) is 0 Å². The molecule has 15 heavy (non-hydrogen) atoms. The van der Waals surface area contributed by atoms with Crippen molar-refractivity contribution in [1.82, 2.24) is 14.9 Å². The van der Waals surface area contributed by atoms with Gasteiger partial charge >= 0.3 is 0 Å². The first-order valence-corrected chi connectivity index (χ1v) is 5.97. The van der Waals surface area contributed by atoms with E-state index in [1.165, 1.54) is 31.5 Å². The largest absolute Gasteiger partial charge is 0.338 e. The molecule has 1 N–H and O–H groups in total. The maximum Gasteiger partial charge on any atom is 0.109 e. The molecule has 0 spiro atoms. The molecule has 0 atom stereocenters. The first-order valence-electron chi connectivity index (χ1n) is 5.97. The minimum Gasteiger partial charge on any atom is -0.338 e. The summed E-state index contributed by atoms with van der Waals surface area (Å²) in [4.78, 5) is 4.33. The molecule has 0 aliphatic heterocycles. The molecule has 1 fully saturated rings. The van der Waals surface area contributed by atoms with Gasteiger partial charge in [-0.25, -0.2) is 4.98 Å². The van der Waals surface area contributed by atoms with Crippen molar-refractivity contribution in [2.45, 2.75) is 44.6 Å². The van der Waals surface area contributed by atoms with E-state index in [-0.39, 0.29) is 0 Å². The van der Waals surface area contributed by atoms with E-state index < -0.39 is 0 Å². The van der Waals surface area contributed by atoms with Gasteiger partial charge in [-0.05, 0) is 25.7 Å². The Morgan fingerprint density at radius 3 is 2.80 bits per heavy atom. The van der Waals surface area contributed by atoms with Gasteiger partial charge in [-0.3, -0.25) is 0 Å². The van der Waals surface area contributed by atoms with E-state index in [2.05, 4.69) is 28.8 Å². The summed E-state index contributed by atoms with van der Waals surface area (Å²) in [6.07, 6.45) is 10.3. The van der Waals surface area contributed by atoms with Crippen LogP contribution in [-0.2, 0) is 13.5 Å². The molecule has 0 saturated heterocycles. The van der Waals surface area contributed by atoms with Gasteiger partial charge < -0.3 is 9.88 Å². The van der Waals surface area contributed by atoms with Crippen LogP contribution < -0.4 is 5.32 Å². The molecule has 1 saturated carbocycles. The van der Waals surface area contributed by atoms with Gasteiger partial charge in [-0.1, -0.05) is 6.92 Å². The number of hydrogen-bond acceptors (Lipinski definition) is 2. The summed E-state index contributed by atoms with van der Waals surface area (Å²) in [5, 5.41) is 3.69. The van der Waals surface area contributed by atoms with Crippen molar-refractivity contribution in [3.05, 3.63) is 18.2 Å². The van der Waals surface area contributed by atoms with Crippen LogP contribution in [0.3, 0.4) is 0 Å². The molecule has 3 nitrogen and oxygen atoms in total. The molecule has 1 aromatic rings. The van der Waals surface area contributed by atoms with Crippen molar-refractivity contribution in [2.75, 3.05) is 6.54 Å². The molecule has 1 aliphatic rings. The highest BCUT2D eigenvalue weighted by atomic mass is 15.0. The minimum absolute atomic E-state index is 0.463. The zero-order valence-corrected chi connectivity index (χ0v) is 9.79. The van der Waals surface area contributed by atoms with E-state index >= 15 is 0 Å². The number of aromatic nitrogens is 2. The number of nitrogens with one attached hydrogen (secondary N) is 1. The van der Waals surface area contributed by atoms with Crippen LogP contribution in [0, 0.1) is 0 Å². The Morgan fingerprint density at radius 1 is 1.53 bits per heavy atom. The van der Waals surface area contributed by atoms with Gasteiger partial charge in [0.25, 0.3) is 0 Å². The van der Waals surface area contributed by atoms with Crippen molar-refractivity contribution in [1.29, 1.82) is 0 Å². The van der Waals surface area contributed by atoms with Crippen molar-refractivity contribution in [2.24, 2.45) is 7.05 Å². The summed E-state index contributed by atoms with van der Waals surface area (Å²) in [5.74, 6) is 1.17. The Labute approximate surface area is 91.9 Å². The second kappa shape index (κ2) is 4.35. The van der Waals surface area contributed by atoms with Gasteiger partial charge in [-0.2, -0.15) is 0 Å². The molecular weight excluding hydrogens is 186 g/mol. The van der Waals surface area contributed by atoms with E-state index in [1.807, 2.05) is 12.4 Å². The SMILES string of the molecule is CCC1(NCCc2nccn2C)CCC1. The van der Waals surface area contributed by atoms with Crippen LogP contribution in [0.15, 0.2) is 12.4 Å². The summed E-state index contributed by atoms with van der Waals surface area (Å²) in [6.45, 7) is 3.34. The highest BCUT2D eigenvalue weighted by Gasteiger charge is 2.33. The molecule has 84 valence electrons. The van der Waals surface area contributed by atoms with Crippen LogP contribution in [0.2, 0.25) is 0 Å². The fraction of sp³-hybridized carbons (Fsp3) is 0.750. The molecule has 0 aromatic carbocycles. The van der Waals surface area contributed by atoms with E-state index in [9.17, 15) is 0 Å². The van der Waals surface area contributed by atoms with Gasteiger partial charge in [0.05, 0.1) is 0 Å². The Balaban J connectivity index is 1.77. The second-order valence-electron chi connectivity index (χ2n) is 4.62. The molecule has 1 aromatic heterocycles. The number of nitrogens with zero attached hydrogens (tertiary/aromatic N) is 2. The van der Waals surface area contributed by atoms with E-state index in [0.29, 0.717) is 5.54 Å². The van der Waals surface area contributed by atoms with Crippen molar-refractivity contribution >= 4 is 0 Å². The van der Waals surface area contributed by atoms with Gasteiger partial charge in [0.2, 0.25) is 0 Å². The third-order valence-corrected chi connectivity index (χ3v) is 3.76. The zero-order chi connectivity index (χ0) is 10.7. The Hall–Kier alpha value is -0.830. The standard InChI is InChI=1S/C12H21N3/c1-3-12(6-4-7-12)14-8-5-11-13-9-10-15(11)2/h9-10,14H,3-8H2,1-2H3. The maximum absolute atomic E-state index is 4.33. The fourth-order valence-corrected chi connectivity index (χ4v) is 2.34. The van der Waals surface area contributed by atoms with Crippen LogP contribution in [0.5, 0.6) is 0 Å². The molecule has 0 radical (unpaired) electrons. The lowest BCUT2D eigenvalue weighted by molar-refractivity contribution is 0.178. The first-order chi connectivity index (χ1) is 7.26. The molecule has 3 heteroatoms. The molecule has 1 aliphatic carbocycles. The average Bonchev–Trinajstić information content (AvgIpc) is 2.57. The number of rotatable bonds is 5. The average molecular weight is 207 g/mol. The van der Waals surface area contributed by atoms with Gasteiger partial charge in [0.1, 0.15) is 5.82 Å². The van der Waals surface area contributed by atoms with E-state index in [4.69, 9.17) is 0 Å². The third-order valence-electron chi connectivity index (χ3n) is 3.76. The molecule has 2 rings (SSSR count). The topological polar surface area (TPSA) is 29.9 Å². The molecule has 0 unspecified atom stereocenters. The number of aryl methyl sites for hydroxylation is 1. The maximum atomic E-state index is 4.33. The van der Waals surface area contributed by atoms with Crippen molar-refractivity contribution < 1.29 is 0 Å². The summed E-state index contributed by atoms with van der Waals surface area (Å²) < 4.78 is 2.10. The van der Waals surface area contributed by atoms with Crippen LogP contribution in [-0.4, -0.2) is 21.6 Å². The molecule has 0 bridgehead atoms. The second-order valence-corrected chi connectivity index (χ2v) is 4.62. The lowest BCUT2D eigenvalue weighted by Gasteiger charge is -2.42. The molecular formula is C12H21N3. The monoisotopic (exact) mass is 207 g/mol. The lowest BCUT2D eigenvalue weighted by atomic mass is 9.75. The molecule has 1 heterocycles. The summed E-state index contributed by atoms with van der Waals surface area (Å²) in [7, 11) is 2.06. The summed E-state index contributed by atoms with van der Waals surface area (Å²) >= 11 is 0. The van der Waals surface area contributed by atoms with Crippen molar-refractivity contribution in [3.8, 4) is 0 Å².